The molecule has 0 saturated heterocycles. The molecule has 0 unspecified atom stereocenters. The number of fused-ring (bicyclic) bond motifs is 1. The summed E-state index contributed by atoms with van der Waals surface area (Å²) in [5.41, 5.74) is 3.96. The summed E-state index contributed by atoms with van der Waals surface area (Å²) < 4.78 is 16.0. The van der Waals surface area contributed by atoms with Crippen molar-refractivity contribution in [3.63, 3.8) is 0 Å². The predicted molar refractivity (Wildman–Crippen MR) is 125 cm³/mol. The molecule has 172 valence electrons. The first-order valence-electron chi connectivity index (χ1n) is 10.0. The van der Waals surface area contributed by atoms with Crippen LogP contribution in [0.3, 0.4) is 0 Å². The smallest absolute Gasteiger partial charge is 0.343 e. The van der Waals surface area contributed by atoms with Gasteiger partial charge in [0.1, 0.15) is 5.75 Å². The molecule has 4 rings (SSSR count). The van der Waals surface area contributed by atoms with Crippen molar-refractivity contribution in [1.29, 1.82) is 0 Å². The van der Waals surface area contributed by atoms with Crippen molar-refractivity contribution in [2.24, 2.45) is 5.10 Å². The Morgan fingerprint density at radius 2 is 1.71 bits per heavy atom. The molecule has 0 spiro atoms. The molecule has 34 heavy (non-hydrogen) atoms. The molecule has 1 heterocycles. The molecule has 0 bridgehead atoms. The van der Waals surface area contributed by atoms with Crippen molar-refractivity contribution < 1.29 is 28.6 Å². The van der Waals surface area contributed by atoms with Gasteiger partial charge in [0.25, 0.3) is 5.91 Å². The molecule has 0 atom stereocenters. The Hall–Kier alpha value is -4.37. The third kappa shape index (κ3) is 5.51. The standard InChI is InChI=1S/C24H18ClN3O6/c1-14(29)27-19-6-2-15(3-7-19)23(30)28-26-12-17-10-18(25)5-9-20(17)34-24(31)16-4-8-21-22(11-16)33-13-32-21/h2-12H,13H2,1H3,(H,27,29)(H,28,30)/b26-12+. The van der Waals surface area contributed by atoms with E-state index in [9.17, 15) is 14.4 Å². The summed E-state index contributed by atoms with van der Waals surface area (Å²) in [7, 11) is 0. The van der Waals surface area contributed by atoms with Crippen LogP contribution in [0.1, 0.15) is 33.2 Å². The van der Waals surface area contributed by atoms with E-state index in [4.69, 9.17) is 25.8 Å². The lowest BCUT2D eigenvalue weighted by Crippen LogP contribution is -2.18. The monoisotopic (exact) mass is 479 g/mol. The molecule has 0 aromatic heterocycles. The Kier molecular flexibility index (Phi) is 6.74. The first-order chi connectivity index (χ1) is 16.4. The fourth-order valence-corrected chi connectivity index (χ4v) is 3.21. The summed E-state index contributed by atoms with van der Waals surface area (Å²) in [6.07, 6.45) is 1.32. The average molecular weight is 480 g/mol. The molecular formula is C24H18ClN3O6. The number of benzene rings is 3. The molecule has 1 aliphatic heterocycles. The highest BCUT2D eigenvalue weighted by molar-refractivity contribution is 6.31. The van der Waals surface area contributed by atoms with Gasteiger partial charge in [-0.05, 0) is 60.7 Å². The first kappa shape index (κ1) is 22.8. The number of carbonyl (C=O) groups excluding carboxylic acids is 3. The zero-order valence-electron chi connectivity index (χ0n) is 17.8. The predicted octanol–water partition coefficient (Wildman–Crippen LogP) is 4.01. The minimum atomic E-state index is -0.612. The van der Waals surface area contributed by atoms with E-state index in [1.807, 2.05) is 0 Å². The van der Waals surface area contributed by atoms with E-state index in [1.54, 1.807) is 48.5 Å². The molecule has 1 aliphatic rings. The van der Waals surface area contributed by atoms with Crippen LogP contribution in [-0.2, 0) is 4.79 Å². The summed E-state index contributed by atoms with van der Waals surface area (Å²) >= 11 is 6.07. The summed E-state index contributed by atoms with van der Waals surface area (Å²) in [5, 5.41) is 6.95. The highest BCUT2D eigenvalue weighted by atomic mass is 35.5. The normalized spacial score (nSPS) is 11.8. The number of halogens is 1. The fourth-order valence-electron chi connectivity index (χ4n) is 3.03. The molecule has 2 N–H and O–H groups in total. The van der Waals surface area contributed by atoms with Crippen LogP contribution in [0.5, 0.6) is 17.2 Å². The molecule has 0 fully saturated rings. The number of anilines is 1. The van der Waals surface area contributed by atoms with Crippen molar-refractivity contribution in [1.82, 2.24) is 5.43 Å². The Morgan fingerprint density at radius 1 is 0.971 bits per heavy atom. The second-order valence-electron chi connectivity index (χ2n) is 7.10. The number of esters is 1. The van der Waals surface area contributed by atoms with E-state index in [-0.39, 0.29) is 24.0 Å². The maximum Gasteiger partial charge on any atom is 0.343 e. The molecule has 3 aromatic rings. The van der Waals surface area contributed by atoms with Gasteiger partial charge in [-0.15, -0.1) is 0 Å². The number of nitrogens with zero attached hydrogens (tertiary/aromatic N) is 1. The van der Waals surface area contributed by atoms with E-state index in [1.165, 1.54) is 25.3 Å². The van der Waals surface area contributed by atoms with Crippen molar-refractivity contribution in [3.8, 4) is 17.2 Å². The van der Waals surface area contributed by atoms with Crippen LogP contribution in [0.2, 0.25) is 5.02 Å². The molecule has 2 amide bonds. The van der Waals surface area contributed by atoms with Gasteiger partial charge in [-0.2, -0.15) is 5.10 Å². The maximum atomic E-state index is 12.6. The zero-order valence-corrected chi connectivity index (χ0v) is 18.6. The van der Waals surface area contributed by atoms with Crippen LogP contribution in [0.4, 0.5) is 5.69 Å². The summed E-state index contributed by atoms with van der Waals surface area (Å²) in [6.45, 7) is 1.49. The fraction of sp³-hybridized carbons (Fsp3) is 0.0833. The highest BCUT2D eigenvalue weighted by Gasteiger charge is 2.18. The van der Waals surface area contributed by atoms with Crippen LogP contribution in [-0.4, -0.2) is 30.8 Å². The first-order valence-corrected chi connectivity index (χ1v) is 10.4. The third-order valence-electron chi connectivity index (χ3n) is 4.62. The largest absolute Gasteiger partial charge is 0.454 e. The van der Waals surface area contributed by atoms with Gasteiger partial charge in [-0.1, -0.05) is 11.6 Å². The Labute approximate surface area is 199 Å². The van der Waals surface area contributed by atoms with Crippen LogP contribution >= 0.6 is 11.6 Å². The molecule has 9 nitrogen and oxygen atoms in total. The Bertz CT molecular complexity index is 1290. The third-order valence-corrected chi connectivity index (χ3v) is 4.86. The van der Waals surface area contributed by atoms with Crippen LogP contribution in [0.15, 0.2) is 65.8 Å². The number of ether oxygens (including phenoxy) is 3. The Balaban J connectivity index is 1.44. The molecule has 0 aliphatic carbocycles. The number of nitrogens with one attached hydrogen (secondary N) is 2. The molecular weight excluding hydrogens is 462 g/mol. The van der Waals surface area contributed by atoms with E-state index in [0.717, 1.165) is 0 Å². The summed E-state index contributed by atoms with van der Waals surface area (Å²) in [4.78, 5) is 36.0. The van der Waals surface area contributed by atoms with Crippen LogP contribution in [0.25, 0.3) is 0 Å². The van der Waals surface area contributed by atoms with Crippen LogP contribution in [0, 0.1) is 0 Å². The van der Waals surface area contributed by atoms with Crippen LogP contribution < -0.4 is 25.0 Å². The van der Waals surface area contributed by atoms with Crippen molar-refractivity contribution in [2.75, 3.05) is 12.1 Å². The van der Waals surface area contributed by atoms with E-state index in [0.29, 0.717) is 33.3 Å². The number of amides is 2. The van der Waals surface area contributed by atoms with E-state index in [2.05, 4.69) is 15.8 Å². The summed E-state index contributed by atoms with van der Waals surface area (Å²) in [6, 6.07) is 15.7. The van der Waals surface area contributed by atoms with Gasteiger partial charge in [0.2, 0.25) is 12.7 Å². The minimum Gasteiger partial charge on any atom is -0.454 e. The molecule has 10 heteroatoms. The van der Waals surface area contributed by atoms with E-state index < -0.39 is 11.9 Å². The average Bonchev–Trinajstić information content (AvgIpc) is 3.28. The lowest BCUT2D eigenvalue weighted by atomic mass is 10.2. The van der Waals surface area contributed by atoms with Crippen molar-refractivity contribution >= 4 is 41.3 Å². The van der Waals surface area contributed by atoms with Gasteiger partial charge in [0.15, 0.2) is 11.5 Å². The number of hydrogen-bond donors (Lipinski definition) is 2. The molecule has 0 saturated carbocycles. The van der Waals surface area contributed by atoms with Gasteiger partial charge >= 0.3 is 5.97 Å². The molecule has 3 aromatic carbocycles. The van der Waals surface area contributed by atoms with Gasteiger partial charge in [-0.3, -0.25) is 9.59 Å². The van der Waals surface area contributed by atoms with Gasteiger partial charge in [-0.25, -0.2) is 10.2 Å². The molecule has 0 radical (unpaired) electrons. The number of carbonyl (C=O) groups is 3. The quantitative estimate of drug-likeness (QED) is 0.239. The Morgan fingerprint density at radius 3 is 2.47 bits per heavy atom. The number of hydrogen-bond acceptors (Lipinski definition) is 7. The zero-order chi connectivity index (χ0) is 24.1. The minimum absolute atomic E-state index is 0.0940. The van der Waals surface area contributed by atoms with Gasteiger partial charge < -0.3 is 19.5 Å². The SMILES string of the molecule is CC(=O)Nc1ccc(C(=O)N/N=C/c2cc(Cl)ccc2OC(=O)c2ccc3c(c2)OCO3)cc1. The second kappa shape index (κ2) is 10.1. The lowest BCUT2D eigenvalue weighted by molar-refractivity contribution is -0.114. The second-order valence-corrected chi connectivity index (χ2v) is 7.53. The number of hydrazone groups is 1. The van der Waals surface area contributed by atoms with Gasteiger partial charge in [0.05, 0.1) is 11.8 Å². The van der Waals surface area contributed by atoms with Crippen molar-refractivity contribution in [2.45, 2.75) is 6.92 Å². The topological polar surface area (TPSA) is 115 Å². The number of rotatable bonds is 6. The highest BCUT2D eigenvalue weighted by Crippen LogP contribution is 2.33. The van der Waals surface area contributed by atoms with Gasteiger partial charge in [0, 0.05) is 28.8 Å². The maximum absolute atomic E-state index is 12.6. The van der Waals surface area contributed by atoms with Crippen molar-refractivity contribution in [3.05, 3.63) is 82.4 Å². The van der Waals surface area contributed by atoms with E-state index >= 15 is 0 Å². The summed E-state index contributed by atoms with van der Waals surface area (Å²) in [5.74, 6) is -0.0790. The lowest BCUT2D eigenvalue weighted by Gasteiger charge is -2.08.